The summed E-state index contributed by atoms with van der Waals surface area (Å²) in [5, 5.41) is 25.7. The lowest BCUT2D eigenvalue weighted by Crippen LogP contribution is -2.11. The molecule has 0 bridgehead atoms. The Kier molecular flexibility index (Phi) is 4.22. The number of rotatable bonds is 4. The van der Waals surface area contributed by atoms with E-state index in [1.807, 2.05) is 0 Å². The zero-order chi connectivity index (χ0) is 17.2. The molecule has 0 saturated carbocycles. The summed E-state index contributed by atoms with van der Waals surface area (Å²) in [6.07, 6.45) is -3.35. The fourth-order valence-corrected chi connectivity index (χ4v) is 2.00. The summed E-state index contributed by atoms with van der Waals surface area (Å²) in [4.78, 5) is 10.0. The molecule has 2 rings (SSSR count). The van der Waals surface area contributed by atoms with E-state index in [0.29, 0.717) is 5.69 Å². The number of benzene rings is 1. The van der Waals surface area contributed by atoms with Gasteiger partial charge in [-0.1, -0.05) is 0 Å². The van der Waals surface area contributed by atoms with E-state index in [0.717, 1.165) is 10.7 Å². The fourth-order valence-electron chi connectivity index (χ4n) is 2.00. The second-order valence-corrected chi connectivity index (χ2v) is 4.63. The summed E-state index contributed by atoms with van der Waals surface area (Å²) in [6, 6.07) is 5.33. The molecule has 0 amide bonds. The predicted octanol–water partition coefficient (Wildman–Crippen LogP) is 2.83. The van der Waals surface area contributed by atoms with Crippen molar-refractivity contribution in [2.75, 3.05) is 5.32 Å². The number of nitro groups is 1. The molecule has 0 aliphatic rings. The predicted molar refractivity (Wildman–Crippen MR) is 73.3 cm³/mol. The van der Waals surface area contributed by atoms with E-state index in [4.69, 9.17) is 5.26 Å². The standard InChI is InChI=1S/C13H10F3N5O2/c1-20-7-9(12(19-20)13(14,15)16)6-18-10-2-3-11(21(22)23)8(4-10)5-17/h2-4,7,18H,6H2,1H3. The van der Waals surface area contributed by atoms with Crippen molar-refractivity contribution >= 4 is 11.4 Å². The second-order valence-electron chi connectivity index (χ2n) is 4.63. The van der Waals surface area contributed by atoms with Crippen LogP contribution in [0.2, 0.25) is 0 Å². The van der Waals surface area contributed by atoms with Crippen molar-refractivity contribution in [2.24, 2.45) is 7.05 Å². The van der Waals surface area contributed by atoms with Gasteiger partial charge in [-0.2, -0.15) is 23.5 Å². The highest BCUT2D eigenvalue weighted by atomic mass is 19.4. The molecule has 0 aliphatic carbocycles. The lowest BCUT2D eigenvalue weighted by atomic mass is 10.1. The molecule has 0 unspecified atom stereocenters. The van der Waals surface area contributed by atoms with Gasteiger partial charge >= 0.3 is 6.18 Å². The van der Waals surface area contributed by atoms with Crippen LogP contribution in [0.1, 0.15) is 16.8 Å². The van der Waals surface area contributed by atoms with Gasteiger partial charge in [0.2, 0.25) is 0 Å². The SMILES string of the molecule is Cn1cc(CNc2ccc([N+](=O)[O-])c(C#N)c2)c(C(F)(F)F)n1. The van der Waals surface area contributed by atoms with Crippen molar-refractivity contribution in [3.8, 4) is 6.07 Å². The molecule has 0 saturated heterocycles. The minimum atomic E-state index is -4.58. The molecule has 10 heteroatoms. The van der Waals surface area contributed by atoms with Crippen LogP contribution in [0.15, 0.2) is 24.4 Å². The average Bonchev–Trinajstić information content (AvgIpc) is 2.85. The van der Waals surface area contributed by atoms with Gasteiger partial charge in [0, 0.05) is 37.1 Å². The van der Waals surface area contributed by atoms with Crippen LogP contribution in [0.4, 0.5) is 24.5 Å². The van der Waals surface area contributed by atoms with E-state index >= 15 is 0 Å². The van der Waals surface area contributed by atoms with Crippen molar-refractivity contribution in [1.29, 1.82) is 5.26 Å². The molecule has 0 spiro atoms. The largest absolute Gasteiger partial charge is 0.435 e. The molecule has 1 aromatic heterocycles. The number of hydrogen-bond donors (Lipinski definition) is 1. The Morgan fingerprint density at radius 3 is 2.74 bits per heavy atom. The van der Waals surface area contributed by atoms with Crippen LogP contribution in [0, 0.1) is 21.4 Å². The molecular formula is C13H10F3N5O2. The van der Waals surface area contributed by atoms with Crippen molar-refractivity contribution in [3.63, 3.8) is 0 Å². The number of anilines is 1. The zero-order valence-electron chi connectivity index (χ0n) is 11.8. The molecule has 0 atom stereocenters. The Bertz CT molecular complexity index is 792. The zero-order valence-corrected chi connectivity index (χ0v) is 11.8. The van der Waals surface area contributed by atoms with E-state index in [-0.39, 0.29) is 23.4 Å². The molecular weight excluding hydrogens is 315 g/mol. The number of nitrogens with zero attached hydrogens (tertiary/aromatic N) is 4. The number of nitriles is 1. The molecule has 7 nitrogen and oxygen atoms in total. The first-order valence-corrected chi connectivity index (χ1v) is 6.24. The summed E-state index contributed by atoms with van der Waals surface area (Å²) in [6.45, 7) is -0.189. The number of hydrogen-bond acceptors (Lipinski definition) is 5. The van der Waals surface area contributed by atoms with Crippen molar-refractivity contribution in [2.45, 2.75) is 12.7 Å². The first kappa shape index (κ1) is 16.3. The summed E-state index contributed by atoms with van der Waals surface area (Å²) in [7, 11) is 1.37. The first-order chi connectivity index (χ1) is 10.7. The van der Waals surface area contributed by atoms with Gasteiger partial charge in [-0.3, -0.25) is 14.8 Å². The fraction of sp³-hybridized carbons (Fsp3) is 0.231. The van der Waals surface area contributed by atoms with Crippen LogP contribution in [-0.4, -0.2) is 14.7 Å². The van der Waals surface area contributed by atoms with Crippen LogP contribution in [0.5, 0.6) is 0 Å². The number of halogens is 3. The molecule has 0 fully saturated rings. The number of aromatic nitrogens is 2. The van der Waals surface area contributed by atoms with Crippen LogP contribution < -0.4 is 5.32 Å². The molecule has 2 aromatic rings. The van der Waals surface area contributed by atoms with Crippen molar-refractivity contribution in [3.05, 3.63) is 51.3 Å². The Hall–Kier alpha value is -3.09. The quantitative estimate of drug-likeness (QED) is 0.688. The Morgan fingerprint density at radius 1 is 1.48 bits per heavy atom. The van der Waals surface area contributed by atoms with Gasteiger partial charge in [-0.15, -0.1) is 0 Å². The van der Waals surface area contributed by atoms with Gasteiger partial charge in [-0.05, 0) is 12.1 Å². The maximum Gasteiger partial charge on any atom is 0.435 e. The van der Waals surface area contributed by atoms with E-state index < -0.39 is 16.8 Å². The average molecular weight is 325 g/mol. The third-order valence-electron chi connectivity index (χ3n) is 2.97. The molecule has 120 valence electrons. The summed E-state index contributed by atoms with van der Waals surface area (Å²) in [5.74, 6) is 0. The summed E-state index contributed by atoms with van der Waals surface area (Å²) >= 11 is 0. The third-order valence-corrected chi connectivity index (χ3v) is 2.97. The van der Waals surface area contributed by atoms with Gasteiger partial charge in [0.1, 0.15) is 11.6 Å². The number of aryl methyl sites for hydroxylation is 1. The second kappa shape index (κ2) is 5.96. The summed E-state index contributed by atoms with van der Waals surface area (Å²) in [5.41, 5.74) is -1.33. The highest BCUT2D eigenvalue weighted by molar-refractivity contribution is 5.58. The van der Waals surface area contributed by atoms with E-state index in [2.05, 4.69) is 10.4 Å². The van der Waals surface area contributed by atoms with Crippen LogP contribution in [-0.2, 0) is 19.8 Å². The highest BCUT2D eigenvalue weighted by Crippen LogP contribution is 2.31. The van der Waals surface area contributed by atoms with E-state index in [1.54, 1.807) is 6.07 Å². The van der Waals surface area contributed by atoms with Crippen molar-refractivity contribution < 1.29 is 18.1 Å². The number of nitrogens with one attached hydrogen (secondary N) is 1. The van der Waals surface area contributed by atoms with Crippen molar-refractivity contribution in [1.82, 2.24) is 9.78 Å². The van der Waals surface area contributed by atoms with E-state index in [1.165, 1.54) is 25.4 Å². The first-order valence-electron chi connectivity index (χ1n) is 6.24. The Morgan fingerprint density at radius 2 is 2.17 bits per heavy atom. The van der Waals surface area contributed by atoms with Gasteiger partial charge in [0.15, 0.2) is 5.69 Å². The molecule has 1 heterocycles. The molecule has 0 radical (unpaired) electrons. The topological polar surface area (TPSA) is 96.8 Å². The maximum absolute atomic E-state index is 12.8. The minimum Gasteiger partial charge on any atom is -0.381 e. The lowest BCUT2D eigenvalue weighted by Gasteiger charge is -2.08. The normalized spacial score (nSPS) is 11.1. The number of alkyl halides is 3. The Balaban J connectivity index is 2.23. The van der Waals surface area contributed by atoms with Gasteiger partial charge in [0.25, 0.3) is 5.69 Å². The molecule has 0 aliphatic heterocycles. The van der Waals surface area contributed by atoms with Gasteiger partial charge in [0.05, 0.1) is 4.92 Å². The van der Waals surface area contributed by atoms with Crippen LogP contribution in [0.3, 0.4) is 0 Å². The van der Waals surface area contributed by atoms with Gasteiger partial charge < -0.3 is 5.32 Å². The summed E-state index contributed by atoms with van der Waals surface area (Å²) < 4.78 is 39.5. The monoisotopic (exact) mass is 325 g/mol. The maximum atomic E-state index is 12.8. The molecule has 1 N–H and O–H groups in total. The van der Waals surface area contributed by atoms with E-state index in [9.17, 15) is 23.3 Å². The lowest BCUT2D eigenvalue weighted by molar-refractivity contribution is -0.385. The van der Waals surface area contributed by atoms with Crippen LogP contribution in [0.25, 0.3) is 0 Å². The third kappa shape index (κ3) is 3.57. The number of nitro benzene ring substituents is 1. The minimum absolute atomic E-state index is 0.0724. The highest BCUT2D eigenvalue weighted by Gasteiger charge is 2.36. The molecule has 1 aromatic carbocycles. The van der Waals surface area contributed by atoms with Crippen LogP contribution >= 0.6 is 0 Å². The smallest absolute Gasteiger partial charge is 0.381 e. The Labute approximate surface area is 128 Å². The molecule has 23 heavy (non-hydrogen) atoms. The van der Waals surface area contributed by atoms with Gasteiger partial charge in [-0.25, -0.2) is 0 Å².